The molecule has 0 atom stereocenters. The summed E-state index contributed by atoms with van der Waals surface area (Å²) < 4.78 is 0. The Labute approximate surface area is 200 Å². The summed E-state index contributed by atoms with van der Waals surface area (Å²) >= 11 is 0. The second-order valence-electron chi connectivity index (χ2n) is 5.13. The molecule has 6 heteroatoms. The fourth-order valence-electron chi connectivity index (χ4n) is 2.28. The van der Waals surface area contributed by atoms with Crippen LogP contribution in [0.2, 0.25) is 0 Å². The molecule has 1 amide bonds. The summed E-state index contributed by atoms with van der Waals surface area (Å²) in [5, 5.41) is 5.46. The quantitative estimate of drug-likeness (QED) is 0.153. The normalized spacial score (nSPS) is 8.29. The van der Waals surface area contributed by atoms with E-state index < -0.39 is 0 Å². The van der Waals surface area contributed by atoms with Gasteiger partial charge in [-0.25, -0.2) is 0 Å². The predicted octanol–water partition coefficient (Wildman–Crippen LogP) is -1.90. The van der Waals surface area contributed by atoms with Gasteiger partial charge in [-0.2, -0.15) is 17.5 Å². The van der Waals surface area contributed by atoms with Gasteiger partial charge in [-0.05, 0) is 0 Å². The monoisotopic (exact) mass is 591 g/mol. The number of benzene rings is 3. The van der Waals surface area contributed by atoms with Crippen LogP contribution in [0.4, 0.5) is 0 Å². The molecule has 0 saturated heterocycles. The van der Waals surface area contributed by atoms with E-state index in [1.807, 2.05) is 0 Å². The van der Waals surface area contributed by atoms with Crippen LogP contribution in [0.15, 0.2) is 103 Å². The Balaban J connectivity index is 0. The summed E-state index contributed by atoms with van der Waals surface area (Å²) in [7, 11) is 0.777. The molecule has 4 aromatic rings. The fraction of sp³-hybridized carbons (Fsp3) is 0. The third kappa shape index (κ3) is 10.7. The number of hydrogen-bond donors (Lipinski definition) is 0. The van der Waals surface area contributed by atoms with Crippen LogP contribution in [-0.2, 0) is 30.6 Å². The Hall–Kier alpha value is -1.59. The van der Waals surface area contributed by atoms with Gasteiger partial charge < -0.3 is 35.3 Å². The van der Waals surface area contributed by atoms with Gasteiger partial charge in [0.05, 0.1) is 0 Å². The van der Waals surface area contributed by atoms with Gasteiger partial charge >= 0.3 is 25.8 Å². The molecule has 4 aromatic carbocycles. The summed E-state index contributed by atoms with van der Waals surface area (Å²) in [5.74, 6) is 0. The van der Waals surface area contributed by atoms with E-state index in [4.69, 9.17) is 10.5 Å². The molecule has 1 N–H and O–H groups in total. The zero-order valence-electron chi connectivity index (χ0n) is 15.1. The molecule has 2 nitrogen and oxygen atoms in total. The fourth-order valence-corrected chi connectivity index (χ4v) is 3.33. The molecule has 0 aliphatic heterocycles. The van der Waals surface area contributed by atoms with Crippen molar-refractivity contribution in [3.05, 3.63) is 109 Å². The number of halogens is 2. The molecule has 0 saturated carbocycles. The molecule has 0 fully saturated rings. The molecule has 0 spiro atoms. The molecule has 0 bridgehead atoms. The van der Waals surface area contributed by atoms with Crippen molar-refractivity contribution < 1.29 is 55.5 Å². The van der Waals surface area contributed by atoms with Crippen LogP contribution in [0.25, 0.3) is 16.5 Å². The van der Waals surface area contributed by atoms with Gasteiger partial charge in [0, 0.05) is 6.41 Å². The zero-order chi connectivity index (χ0) is 17.7. The maximum atomic E-state index is 8.47. The van der Waals surface area contributed by atoms with Gasteiger partial charge in [0.15, 0.2) is 0 Å². The summed E-state index contributed by atoms with van der Waals surface area (Å²) in [6.45, 7) is 0. The standard InChI is InChI=1S/C12H10Si.C9H7.CH3NO.2ClH.Hf/c1-3-7-11(8-4-1)13-12-9-5-2-6-10-12;1-2-5-9-7-3-6-8(9)4-1;2-1-3;;;/h1-10H;1-7H;1H,(H2,2,3);2*1H;/q;-1;;;;+4/p-3. The second kappa shape index (κ2) is 17.5. The van der Waals surface area contributed by atoms with Crippen molar-refractivity contribution in [3.8, 4) is 0 Å². The minimum absolute atomic E-state index is 0. The zero-order valence-corrected chi connectivity index (χ0v) is 21.2. The average molecular weight is 591 g/mol. The van der Waals surface area contributed by atoms with E-state index in [0.29, 0.717) is 0 Å². The molecule has 4 rings (SSSR count). The SMILES string of the molecule is [Cl-].[Cl-].[Hf+4].[NH-]C=O.c1ccc([Si]c2ccccc2)cc1.c1ccc2[cH-]ccc2c1. The van der Waals surface area contributed by atoms with Gasteiger partial charge in [-0.1, -0.05) is 77.1 Å². The summed E-state index contributed by atoms with van der Waals surface area (Å²) in [5.41, 5.74) is 5.53. The molecule has 0 aliphatic rings. The average Bonchev–Trinajstić information content (AvgIpc) is 3.13. The Kier molecular flexibility index (Phi) is 17.9. The van der Waals surface area contributed by atoms with Crippen LogP contribution < -0.4 is 35.2 Å². The van der Waals surface area contributed by atoms with E-state index in [-0.39, 0.29) is 57.1 Å². The first-order chi connectivity index (χ1) is 12.3. The van der Waals surface area contributed by atoms with E-state index in [2.05, 4.69) is 103 Å². The predicted molar refractivity (Wildman–Crippen MR) is 108 cm³/mol. The van der Waals surface area contributed by atoms with Crippen LogP contribution in [-0.4, -0.2) is 15.9 Å². The van der Waals surface area contributed by atoms with E-state index in [1.165, 1.54) is 21.1 Å². The number of carbonyl (C=O) groups is 1. The Morgan fingerprint density at radius 1 is 0.714 bits per heavy atom. The molecule has 0 aliphatic carbocycles. The number of carbonyl (C=O) groups excluding carboxylic acids is 1. The van der Waals surface area contributed by atoms with E-state index in [0.717, 1.165) is 9.52 Å². The van der Waals surface area contributed by atoms with Gasteiger partial charge in [-0.3, -0.25) is 0 Å². The summed E-state index contributed by atoms with van der Waals surface area (Å²) in [6, 6.07) is 35.8. The van der Waals surface area contributed by atoms with Crippen molar-refractivity contribution in [2.75, 3.05) is 0 Å². The largest absolute Gasteiger partial charge is 4.00 e. The van der Waals surface area contributed by atoms with Crippen molar-refractivity contribution in [2.24, 2.45) is 0 Å². The van der Waals surface area contributed by atoms with E-state index in [9.17, 15) is 0 Å². The molecular weight excluding hydrogens is 572 g/mol. The van der Waals surface area contributed by atoms with Crippen LogP contribution in [0.5, 0.6) is 0 Å². The first-order valence-corrected chi connectivity index (χ1v) is 8.92. The number of fused-ring (bicyclic) bond motifs is 1. The molecule has 140 valence electrons. The van der Waals surface area contributed by atoms with Crippen LogP contribution in [0.3, 0.4) is 0 Å². The van der Waals surface area contributed by atoms with E-state index in [1.54, 1.807) is 0 Å². The smallest absolute Gasteiger partial charge is 1.00 e. The van der Waals surface area contributed by atoms with Crippen molar-refractivity contribution in [3.63, 3.8) is 0 Å². The van der Waals surface area contributed by atoms with Gasteiger partial charge in [0.25, 0.3) is 0 Å². The van der Waals surface area contributed by atoms with E-state index >= 15 is 0 Å². The molecular formula is C22H19Cl2HfNOSi. The molecule has 0 unspecified atom stereocenters. The third-order valence-corrected chi connectivity index (χ3v) is 4.63. The maximum Gasteiger partial charge on any atom is 4.00 e. The second-order valence-corrected chi connectivity index (χ2v) is 6.53. The molecule has 2 radical (unpaired) electrons. The number of nitrogens with one attached hydrogen (secondary N) is 1. The number of rotatable bonds is 2. The first kappa shape index (κ1) is 28.6. The Morgan fingerprint density at radius 3 is 1.61 bits per heavy atom. The minimum Gasteiger partial charge on any atom is -1.00 e. The van der Waals surface area contributed by atoms with Crippen molar-refractivity contribution in [2.45, 2.75) is 0 Å². The first-order valence-electron chi connectivity index (χ1n) is 7.92. The van der Waals surface area contributed by atoms with Gasteiger partial charge in [0.1, 0.15) is 9.52 Å². The number of amides is 1. The molecule has 28 heavy (non-hydrogen) atoms. The van der Waals surface area contributed by atoms with Crippen LogP contribution >= 0.6 is 0 Å². The third-order valence-electron chi connectivity index (χ3n) is 3.38. The Morgan fingerprint density at radius 2 is 1.14 bits per heavy atom. The molecule has 0 heterocycles. The van der Waals surface area contributed by atoms with Crippen LogP contribution in [0, 0.1) is 0 Å². The maximum absolute atomic E-state index is 8.47. The van der Waals surface area contributed by atoms with Crippen molar-refractivity contribution in [1.82, 2.24) is 0 Å². The Bertz CT molecular complexity index is 806. The number of hydrogen-bond acceptors (Lipinski definition) is 1. The molecule has 0 aromatic heterocycles. The summed E-state index contributed by atoms with van der Waals surface area (Å²) in [4.78, 5) is 8.47. The van der Waals surface area contributed by atoms with Crippen LogP contribution in [0.1, 0.15) is 0 Å². The van der Waals surface area contributed by atoms with Gasteiger partial charge in [-0.15, -0.1) is 29.7 Å². The van der Waals surface area contributed by atoms with Gasteiger partial charge in [0.2, 0.25) is 0 Å². The topological polar surface area (TPSA) is 40.9 Å². The van der Waals surface area contributed by atoms with Crippen molar-refractivity contribution >= 4 is 37.1 Å². The minimum atomic E-state index is 0. The van der Waals surface area contributed by atoms with Crippen molar-refractivity contribution in [1.29, 1.82) is 0 Å². The summed E-state index contributed by atoms with van der Waals surface area (Å²) in [6.07, 6.45) is 0.